The number of hydrogen-bond donors (Lipinski definition) is 0. The highest BCUT2D eigenvalue weighted by Gasteiger charge is 2.10. The van der Waals surface area contributed by atoms with E-state index in [2.05, 4.69) is 13.8 Å². The lowest BCUT2D eigenvalue weighted by atomic mass is 9.95. The summed E-state index contributed by atoms with van der Waals surface area (Å²) in [6.45, 7) is 6.63. The van der Waals surface area contributed by atoms with Gasteiger partial charge in [-0.3, -0.25) is 4.79 Å². The second-order valence-corrected chi connectivity index (χ2v) is 6.43. The van der Waals surface area contributed by atoms with Crippen LogP contribution in [0.1, 0.15) is 104 Å². The van der Waals surface area contributed by atoms with Gasteiger partial charge in [-0.25, -0.2) is 0 Å². The van der Waals surface area contributed by atoms with Crippen LogP contribution in [-0.4, -0.2) is 12.6 Å². The molecular weight excluding hydrogens is 260 g/mol. The lowest BCUT2D eigenvalue weighted by molar-refractivity contribution is -0.142. The largest absolute Gasteiger partial charge is 0.466 e. The molecule has 1 unspecified atom stereocenters. The van der Waals surface area contributed by atoms with Gasteiger partial charge >= 0.3 is 5.97 Å². The first kappa shape index (κ1) is 20.5. The van der Waals surface area contributed by atoms with Crippen LogP contribution in [0.25, 0.3) is 0 Å². The SMILES string of the molecule is CCCCCCCCCCCC(CCCC)COC(C)=O. The molecule has 0 saturated carbocycles. The van der Waals surface area contributed by atoms with Crippen molar-refractivity contribution in [1.82, 2.24) is 0 Å². The number of unbranched alkanes of at least 4 members (excludes halogenated alkanes) is 9. The zero-order valence-electron chi connectivity index (χ0n) is 14.8. The summed E-state index contributed by atoms with van der Waals surface area (Å²) >= 11 is 0. The van der Waals surface area contributed by atoms with Gasteiger partial charge in [-0.1, -0.05) is 84.5 Å². The van der Waals surface area contributed by atoms with E-state index < -0.39 is 0 Å². The number of carbonyl (C=O) groups is 1. The summed E-state index contributed by atoms with van der Waals surface area (Å²) in [6.07, 6.45) is 17.3. The number of ether oxygens (including phenoxy) is 1. The molecule has 0 fully saturated rings. The molecule has 0 aliphatic heterocycles. The Kier molecular flexibility index (Phi) is 15.5. The van der Waals surface area contributed by atoms with E-state index in [4.69, 9.17) is 4.74 Å². The number of esters is 1. The molecule has 0 aromatic carbocycles. The van der Waals surface area contributed by atoms with Crippen LogP contribution in [0.4, 0.5) is 0 Å². The molecule has 0 amide bonds. The fourth-order valence-corrected chi connectivity index (χ4v) is 2.78. The van der Waals surface area contributed by atoms with Gasteiger partial charge in [0.05, 0.1) is 6.61 Å². The Labute approximate surface area is 133 Å². The molecule has 21 heavy (non-hydrogen) atoms. The number of hydrogen-bond acceptors (Lipinski definition) is 2. The highest BCUT2D eigenvalue weighted by atomic mass is 16.5. The van der Waals surface area contributed by atoms with Crippen molar-refractivity contribution in [2.45, 2.75) is 104 Å². The standard InChI is InChI=1S/C19H38O2/c1-4-6-8-9-10-11-12-13-14-16-19(15-7-5-2)17-21-18(3)20/h19H,4-17H2,1-3H3. The van der Waals surface area contributed by atoms with Crippen molar-refractivity contribution in [3.8, 4) is 0 Å². The van der Waals surface area contributed by atoms with Crippen LogP contribution in [0.2, 0.25) is 0 Å². The summed E-state index contributed by atoms with van der Waals surface area (Å²) in [5, 5.41) is 0. The molecule has 2 nitrogen and oxygen atoms in total. The van der Waals surface area contributed by atoms with Crippen molar-refractivity contribution in [2.75, 3.05) is 6.61 Å². The van der Waals surface area contributed by atoms with Crippen molar-refractivity contribution in [3.63, 3.8) is 0 Å². The molecular formula is C19H38O2. The third kappa shape index (κ3) is 15.7. The van der Waals surface area contributed by atoms with Gasteiger partial charge in [-0.15, -0.1) is 0 Å². The quantitative estimate of drug-likeness (QED) is 0.263. The number of carbonyl (C=O) groups excluding carboxylic acids is 1. The molecule has 0 saturated heterocycles. The summed E-state index contributed by atoms with van der Waals surface area (Å²) in [5.41, 5.74) is 0. The molecule has 0 aromatic rings. The zero-order valence-corrected chi connectivity index (χ0v) is 14.8. The van der Waals surface area contributed by atoms with E-state index >= 15 is 0 Å². The van der Waals surface area contributed by atoms with Gasteiger partial charge in [-0.05, 0) is 18.8 Å². The van der Waals surface area contributed by atoms with E-state index in [1.165, 1.54) is 90.4 Å². The van der Waals surface area contributed by atoms with Crippen molar-refractivity contribution in [3.05, 3.63) is 0 Å². The van der Waals surface area contributed by atoms with Crippen LogP contribution >= 0.6 is 0 Å². The monoisotopic (exact) mass is 298 g/mol. The summed E-state index contributed by atoms with van der Waals surface area (Å²) in [7, 11) is 0. The Hall–Kier alpha value is -0.530. The Morgan fingerprint density at radius 1 is 0.762 bits per heavy atom. The highest BCUT2D eigenvalue weighted by Crippen LogP contribution is 2.18. The molecule has 0 aliphatic carbocycles. The molecule has 1 atom stereocenters. The highest BCUT2D eigenvalue weighted by molar-refractivity contribution is 5.65. The molecule has 0 radical (unpaired) electrons. The van der Waals surface area contributed by atoms with E-state index in [1.54, 1.807) is 0 Å². The van der Waals surface area contributed by atoms with Gasteiger partial charge in [0.25, 0.3) is 0 Å². The fraction of sp³-hybridized carbons (Fsp3) is 0.947. The van der Waals surface area contributed by atoms with Crippen LogP contribution < -0.4 is 0 Å². The Morgan fingerprint density at radius 3 is 1.76 bits per heavy atom. The van der Waals surface area contributed by atoms with E-state index in [0.717, 1.165) is 0 Å². The van der Waals surface area contributed by atoms with Crippen molar-refractivity contribution in [1.29, 1.82) is 0 Å². The maximum absolute atomic E-state index is 10.9. The fourth-order valence-electron chi connectivity index (χ4n) is 2.78. The molecule has 0 N–H and O–H groups in total. The summed E-state index contributed by atoms with van der Waals surface area (Å²) in [6, 6.07) is 0. The van der Waals surface area contributed by atoms with Gasteiger partial charge in [-0.2, -0.15) is 0 Å². The molecule has 126 valence electrons. The minimum atomic E-state index is -0.136. The summed E-state index contributed by atoms with van der Waals surface area (Å²) in [5.74, 6) is 0.446. The Morgan fingerprint density at radius 2 is 1.24 bits per heavy atom. The maximum atomic E-state index is 10.9. The third-order valence-electron chi connectivity index (χ3n) is 4.20. The minimum Gasteiger partial charge on any atom is -0.466 e. The molecule has 2 heteroatoms. The lowest BCUT2D eigenvalue weighted by Crippen LogP contribution is -2.12. The predicted molar refractivity (Wildman–Crippen MR) is 91.5 cm³/mol. The van der Waals surface area contributed by atoms with Gasteiger partial charge in [0.1, 0.15) is 0 Å². The van der Waals surface area contributed by atoms with Crippen LogP contribution in [0.3, 0.4) is 0 Å². The Balaban J connectivity index is 3.51. The Bertz CT molecular complexity index is 226. The van der Waals surface area contributed by atoms with Gasteiger partial charge < -0.3 is 4.74 Å². The van der Waals surface area contributed by atoms with Crippen LogP contribution in [-0.2, 0) is 9.53 Å². The second-order valence-electron chi connectivity index (χ2n) is 6.43. The van der Waals surface area contributed by atoms with Crippen LogP contribution in [0.5, 0.6) is 0 Å². The average molecular weight is 299 g/mol. The van der Waals surface area contributed by atoms with E-state index in [9.17, 15) is 4.79 Å². The summed E-state index contributed by atoms with van der Waals surface area (Å²) < 4.78 is 5.20. The molecule has 0 aromatic heterocycles. The zero-order chi connectivity index (χ0) is 15.8. The lowest BCUT2D eigenvalue weighted by Gasteiger charge is -2.16. The third-order valence-corrected chi connectivity index (χ3v) is 4.20. The first-order valence-electron chi connectivity index (χ1n) is 9.34. The van der Waals surface area contributed by atoms with Crippen molar-refractivity contribution >= 4 is 5.97 Å². The number of rotatable bonds is 15. The first-order chi connectivity index (χ1) is 10.2. The van der Waals surface area contributed by atoms with E-state index in [-0.39, 0.29) is 5.97 Å². The van der Waals surface area contributed by atoms with E-state index in [0.29, 0.717) is 12.5 Å². The normalized spacial score (nSPS) is 12.3. The maximum Gasteiger partial charge on any atom is 0.302 e. The summed E-state index contributed by atoms with van der Waals surface area (Å²) in [4.78, 5) is 10.9. The molecule has 0 spiro atoms. The topological polar surface area (TPSA) is 26.3 Å². The smallest absolute Gasteiger partial charge is 0.302 e. The van der Waals surface area contributed by atoms with Gasteiger partial charge in [0.2, 0.25) is 0 Å². The second kappa shape index (κ2) is 15.9. The molecule has 0 rings (SSSR count). The first-order valence-corrected chi connectivity index (χ1v) is 9.34. The average Bonchev–Trinajstić information content (AvgIpc) is 2.47. The minimum absolute atomic E-state index is 0.136. The van der Waals surface area contributed by atoms with Gasteiger partial charge in [0, 0.05) is 6.92 Å². The van der Waals surface area contributed by atoms with Crippen molar-refractivity contribution < 1.29 is 9.53 Å². The predicted octanol–water partition coefficient (Wildman–Crippen LogP) is 6.28. The van der Waals surface area contributed by atoms with Gasteiger partial charge in [0.15, 0.2) is 0 Å². The molecule has 0 heterocycles. The molecule has 0 aliphatic rings. The van der Waals surface area contributed by atoms with Crippen LogP contribution in [0, 0.1) is 5.92 Å². The van der Waals surface area contributed by atoms with E-state index in [1.807, 2.05) is 0 Å². The van der Waals surface area contributed by atoms with Crippen molar-refractivity contribution in [2.24, 2.45) is 5.92 Å². The molecule has 0 bridgehead atoms. The van der Waals surface area contributed by atoms with Crippen LogP contribution in [0.15, 0.2) is 0 Å².